The third kappa shape index (κ3) is 6.40. The van der Waals surface area contributed by atoms with Crippen LogP contribution in [0.3, 0.4) is 0 Å². The lowest BCUT2D eigenvalue weighted by Gasteiger charge is -1.87. The van der Waals surface area contributed by atoms with Crippen LogP contribution in [-0.4, -0.2) is 33.6 Å². The first kappa shape index (κ1) is 8.40. The minimum atomic E-state index is -0.492. The zero-order chi connectivity index (χ0) is 7.98. The highest BCUT2D eigenvalue weighted by Gasteiger charge is 2.03. The minimum absolute atomic E-state index is 0.0271. The van der Waals surface area contributed by atoms with Gasteiger partial charge in [0, 0.05) is 0 Å². The van der Waals surface area contributed by atoms with E-state index in [0.29, 0.717) is 0 Å². The van der Waals surface area contributed by atoms with Crippen molar-refractivity contribution < 1.29 is 20.5 Å². The van der Waals surface area contributed by atoms with E-state index in [1.807, 2.05) is 10.9 Å². The molecule has 4 N–H and O–H groups in total. The summed E-state index contributed by atoms with van der Waals surface area (Å²) in [5.41, 5.74) is 3.79. The second-order valence-electron chi connectivity index (χ2n) is 1.36. The van der Waals surface area contributed by atoms with Crippen LogP contribution in [0, 0.1) is 9.81 Å². The van der Waals surface area contributed by atoms with Gasteiger partial charge in [0.25, 0.3) is 0 Å². The van der Waals surface area contributed by atoms with E-state index in [4.69, 9.17) is 10.4 Å². The van der Waals surface area contributed by atoms with Crippen molar-refractivity contribution in [3.05, 3.63) is 9.81 Å². The molecule has 0 aromatic rings. The molecule has 0 amide bonds. The van der Waals surface area contributed by atoms with Crippen LogP contribution in [0.25, 0.3) is 0 Å². The average Bonchev–Trinajstić information content (AvgIpc) is 1.79. The monoisotopic (exact) mass is 152 g/mol. The Hall–Kier alpha value is -1.60. The van der Waals surface area contributed by atoms with Gasteiger partial charge in [0.2, 0.25) is 0 Å². The summed E-state index contributed by atoms with van der Waals surface area (Å²) in [6, 6.07) is 0. The molecule has 0 spiro atoms. The van der Waals surface area contributed by atoms with Crippen LogP contribution in [-0.2, 0) is 0 Å². The highest BCUT2D eigenvalue weighted by atomic mass is 16.7. The lowest BCUT2D eigenvalue weighted by molar-refractivity contribution is -0.839. The predicted molar refractivity (Wildman–Crippen MR) is 26.8 cm³/mol. The van der Waals surface area contributed by atoms with Crippen LogP contribution in [0.5, 0.6) is 0 Å². The fourth-order valence-corrected chi connectivity index (χ4v) is 0.303. The van der Waals surface area contributed by atoms with Gasteiger partial charge in [-0.3, -0.25) is 0 Å². The zero-order valence-corrected chi connectivity index (χ0v) is 5.02. The van der Waals surface area contributed by atoms with Gasteiger partial charge in [0.05, 0.1) is 0 Å². The summed E-state index contributed by atoms with van der Waals surface area (Å²) in [7, 11) is 0. The van der Waals surface area contributed by atoms with E-state index in [-0.39, 0.29) is 13.1 Å². The summed E-state index contributed by atoms with van der Waals surface area (Å²) < 4.78 is 0. The van der Waals surface area contributed by atoms with Gasteiger partial charge in [-0.2, -0.15) is 0 Å². The molecular weight excluding hydrogens is 144 g/mol. The van der Waals surface area contributed by atoms with Crippen molar-refractivity contribution in [2.45, 2.75) is 0 Å². The smallest absolute Gasteiger partial charge is 0.219 e. The Morgan fingerprint density at radius 3 is 1.50 bits per heavy atom. The van der Waals surface area contributed by atoms with E-state index in [2.05, 4.69) is 0 Å². The van der Waals surface area contributed by atoms with Crippen molar-refractivity contribution in [3.8, 4) is 0 Å². The normalized spacial score (nSPS) is 8.40. The third-order valence-electron chi connectivity index (χ3n) is 0.619. The summed E-state index contributed by atoms with van der Waals surface area (Å²) in [4.78, 5) is 19.3. The Morgan fingerprint density at radius 2 is 1.30 bits per heavy atom. The highest BCUT2D eigenvalue weighted by Crippen LogP contribution is 1.57. The molecule has 0 atom stereocenters. The quantitative estimate of drug-likeness (QED) is 0.277. The third-order valence-corrected chi connectivity index (χ3v) is 0.619. The van der Waals surface area contributed by atoms with Crippen molar-refractivity contribution in [2.24, 2.45) is 0 Å². The van der Waals surface area contributed by atoms with Gasteiger partial charge in [0.1, 0.15) is 22.9 Å². The maximum atomic E-state index is 9.67. The van der Waals surface area contributed by atoms with Gasteiger partial charge in [-0.25, -0.2) is 10.4 Å². The van der Waals surface area contributed by atoms with Gasteiger partial charge in [-0.1, -0.05) is 0 Å². The van der Waals surface area contributed by atoms with Gasteiger partial charge in [0.15, 0.2) is 0 Å². The molecule has 0 bridgehead atoms. The van der Waals surface area contributed by atoms with E-state index in [0.717, 1.165) is 0 Å². The predicted octanol–water partition coefficient (Wildman–Crippen LogP) is -1.67. The van der Waals surface area contributed by atoms with Gasteiger partial charge in [-0.15, -0.1) is 10.9 Å². The highest BCUT2D eigenvalue weighted by molar-refractivity contribution is 4.31. The Kier molecular flexibility index (Phi) is 3.61. The molecule has 0 saturated carbocycles. The van der Waals surface area contributed by atoms with Crippen molar-refractivity contribution in [1.82, 2.24) is 10.9 Å². The van der Waals surface area contributed by atoms with E-state index in [1.54, 1.807) is 0 Å². The standard InChI is InChI=1S/C2H8N4O4/c7-5(8)3-1-2-4-6(9)10/h3-4H,1-2H2,(H,7,8)(H,9,10)/q+2. The molecular formula is C2H8N4O4+2. The second-order valence-corrected chi connectivity index (χ2v) is 1.36. The van der Waals surface area contributed by atoms with Crippen LogP contribution >= 0.6 is 0 Å². The maximum Gasteiger partial charge on any atom is 0.354 e. The molecule has 0 radical (unpaired) electrons. The number of hydrogen-bond acceptors (Lipinski definition) is 2. The van der Waals surface area contributed by atoms with Crippen molar-refractivity contribution in [2.75, 3.05) is 13.1 Å². The molecule has 0 fully saturated rings. The average molecular weight is 152 g/mol. The Bertz CT molecular complexity index is 119. The number of rotatable bonds is 5. The van der Waals surface area contributed by atoms with Crippen LogP contribution < -0.4 is 10.9 Å². The van der Waals surface area contributed by atoms with Crippen LogP contribution in [0.1, 0.15) is 0 Å². The summed E-state index contributed by atoms with van der Waals surface area (Å²) in [5, 5.41) is 14.8. The fraction of sp³-hybridized carbons (Fsp3) is 1.00. The first-order valence-corrected chi connectivity index (χ1v) is 2.42. The zero-order valence-electron chi connectivity index (χ0n) is 5.02. The topological polar surface area (TPSA) is 105 Å². The summed E-state index contributed by atoms with van der Waals surface area (Å²) in [6.45, 7) is 0.0542. The largest absolute Gasteiger partial charge is 0.354 e. The number of nitrogens with zero attached hydrogens (tertiary/aromatic N) is 2. The number of hydrogen-bond donors (Lipinski definition) is 4. The van der Waals surface area contributed by atoms with Crippen molar-refractivity contribution >= 4 is 0 Å². The van der Waals surface area contributed by atoms with Crippen molar-refractivity contribution in [1.29, 1.82) is 0 Å². The molecule has 8 heteroatoms. The minimum Gasteiger partial charge on any atom is -0.219 e. The van der Waals surface area contributed by atoms with Gasteiger partial charge < -0.3 is 0 Å². The summed E-state index contributed by atoms with van der Waals surface area (Å²) in [5.74, 6) is 0. The fourth-order valence-electron chi connectivity index (χ4n) is 0.303. The van der Waals surface area contributed by atoms with Gasteiger partial charge in [-0.05, 0) is 0 Å². The molecule has 0 rings (SSSR count). The van der Waals surface area contributed by atoms with Crippen LogP contribution in [0.4, 0.5) is 0 Å². The molecule has 0 unspecified atom stereocenters. The number of nitrogens with one attached hydrogen (secondary N) is 2. The van der Waals surface area contributed by atoms with Crippen molar-refractivity contribution in [3.63, 3.8) is 0 Å². The van der Waals surface area contributed by atoms with E-state index < -0.39 is 10.1 Å². The summed E-state index contributed by atoms with van der Waals surface area (Å²) >= 11 is 0. The van der Waals surface area contributed by atoms with Gasteiger partial charge >= 0.3 is 10.1 Å². The molecule has 0 aliphatic rings. The SMILES string of the molecule is O=[N+](O)NCCN[N+](=O)O. The van der Waals surface area contributed by atoms with E-state index >= 15 is 0 Å². The Labute approximate surface area is 55.5 Å². The Morgan fingerprint density at radius 1 is 1.00 bits per heavy atom. The lowest BCUT2D eigenvalue weighted by Crippen LogP contribution is -2.35. The molecule has 58 valence electrons. The molecule has 0 aliphatic heterocycles. The van der Waals surface area contributed by atoms with E-state index in [9.17, 15) is 9.81 Å². The van der Waals surface area contributed by atoms with E-state index in [1.165, 1.54) is 0 Å². The summed E-state index contributed by atoms with van der Waals surface area (Å²) in [6.07, 6.45) is 0. The number of hydrazine groups is 2. The molecule has 0 saturated heterocycles. The van der Waals surface area contributed by atoms with Crippen LogP contribution in [0.2, 0.25) is 0 Å². The molecule has 0 aromatic heterocycles. The molecule has 0 aromatic carbocycles. The molecule has 8 nitrogen and oxygen atoms in total. The van der Waals surface area contributed by atoms with Crippen LogP contribution in [0.15, 0.2) is 0 Å². The second kappa shape index (κ2) is 4.30. The molecule has 10 heavy (non-hydrogen) atoms. The first-order chi connectivity index (χ1) is 4.63. The first-order valence-electron chi connectivity index (χ1n) is 2.42. The Balaban J connectivity index is 3.06. The maximum absolute atomic E-state index is 9.67. The lowest BCUT2D eigenvalue weighted by atomic mass is 10.7. The molecule has 0 heterocycles. The molecule has 0 aliphatic carbocycles.